The summed E-state index contributed by atoms with van der Waals surface area (Å²) < 4.78 is 12.8. The normalized spacial score (nSPS) is 22.1. The molecule has 22 heavy (non-hydrogen) atoms. The first kappa shape index (κ1) is 16.6. The van der Waals surface area contributed by atoms with Gasteiger partial charge in [-0.3, -0.25) is 0 Å². The largest absolute Gasteiger partial charge is 0.444 e. The quantitative estimate of drug-likeness (QED) is 0.893. The lowest BCUT2D eigenvalue weighted by Crippen LogP contribution is -2.33. The van der Waals surface area contributed by atoms with Crippen LogP contribution >= 0.6 is 0 Å². The van der Waals surface area contributed by atoms with E-state index >= 15 is 0 Å². The van der Waals surface area contributed by atoms with Gasteiger partial charge >= 0.3 is 6.09 Å². The molecule has 0 aliphatic carbocycles. The molecule has 0 spiro atoms. The predicted molar refractivity (Wildman–Crippen MR) is 83.5 cm³/mol. The van der Waals surface area contributed by atoms with Gasteiger partial charge in [-0.2, -0.15) is 5.10 Å². The van der Waals surface area contributed by atoms with Crippen LogP contribution in [0.5, 0.6) is 0 Å². The zero-order chi connectivity index (χ0) is 16.5. The highest BCUT2D eigenvalue weighted by Crippen LogP contribution is 2.32. The van der Waals surface area contributed by atoms with Gasteiger partial charge in [0.1, 0.15) is 18.0 Å². The third kappa shape index (κ3) is 3.91. The first-order valence-electron chi connectivity index (χ1n) is 7.61. The zero-order valence-corrected chi connectivity index (χ0v) is 13.9. The molecule has 0 saturated carbocycles. The van der Waals surface area contributed by atoms with E-state index < -0.39 is 6.09 Å². The zero-order valence-electron chi connectivity index (χ0n) is 13.9. The monoisotopic (exact) mass is 310 g/mol. The predicted octanol–water partition coefficient (Wildman–Crippen LogP) is 2.18. The summed E-state index contributed by atoms with van der Waals surface area (Å²) in [5, 5.41) is 7.24. The van der Waals surface area contributed by atoms with Crippen LogP contribution in [-0.2, 0) is 15.0 Å². The lowest BCUT2D eigenvalue weighted by molar-refractivity contribution is 0.0679. The Morgan fingerprint density at radius 3 is 2.77 bits per heavy atom. The molecular weight excluding hydrogens is 284 g/mol. The molecule has 3 N–H and O–H groups in total. The van der Waals surface area contributed by atoms with Crippen molar-refractivity contribution in [3.05, 3.63) is 11.8 Å². The maximum absolute atomic E-state index is 11.6. The number of rotatable bonds is 3. The molecule has 2 heterocycles. The molecule has 0 radical (unpaired) electrons. The molecule has 7 nitrogen and oxygen atoms in total. The number of anilines is 1. The minimum atomic E-state index is -0.413. The summed E-state index contributed by atoms with van der Waals surface area (Å²) in [6, 6.07) is 1.87. The first-order chi connectivity index (χ1) is 10.2. The molecule has 1 aromatic heterocycles. The smallest absolute Gasteiger partial charge is 0.407 e. The third-order valence-electron chi connectivity index (χ3n) is 3.36. The average Bonchev–Trinajstić information content (AvgIpc) is 2.93. The standard InChI is InChI=1S/C15H26N4O3/c1-9(2)17-14(20)22-10-6-12(21-8-10)11-7-13(16)19(18-11)15(3,4)5/h7,9-10,12H,6,8,16H2,1-5H3,(H,17,20)/t10-,12-/m1/s1. The van der Waals surface area contributed by atoms with E-state index in [0.717, 1.165) is 5.69 Å². The van der Waals surface area contributed by atoms with Crippen LogP contribution in [0.15, 0.2) is 6.07 Å². The summed E-state index contributed by atoms with van der Waals surface area (Å²) in [5.74, 6) is 0.605. The van der Waals surface area contributed by atoms with Gasteiger partial charge in [-0.05, 0) is 34.6 Å². The van der Waals surface area contributed by atoms with Crippen molar-refractivity contribution < 1.29 is 14.3 Å². The second-order valence-corrected chi connectivity index (χ2v) is 6.96. The van der Waals surface area contributed by atoms with Crippen LogP contribution in [0.4, 0.5) is 10.6 Å². The first-order valence-corrected chi connectivity index (χ1v) is 7.61. The molecule has 1 aromatic rings. The van der Waals surface area contributed by atoms with Crippen LogP contribution in [-0.4, -0.2) is 34.6 Å². The van der Waals surface area contributed by atoms with Gasteiger partial charge in [-0.25, -0.2) is 9.48 Å². The minimum absolute atomic E-state index is 0.0490. The average molecular weight is 310 g/mol. The van der Waals surface area contributed by atoms with E-state index in [9.17, 15) is 4.79 Å². The Balaban J connectivity index is 1.97. The number of hydrogen-bond acceptors (Lipinski definition) is 5. The van der Waals surface area contributed by atoms with E-state index in [0.29, 0.717) is 18.8 Å². The number of nitrogens with two attached hydrogens (primary N) is 1. The number of alkyl carbamates (subject to hydrolysis) is 1. The number of ether oxygens (including phenoxy) is 2. The highest BCUT2D eigenvalue weighted by atomic mass is 16.6. The Morgan fingerprint density at radius 1 is 1.55 bits per heavy atom. The number of amides is 1. The Kier molecular flexibility index (Phi) is 4.65. The number of nitrogen functional groups attached to an aromatic ring is 1. The maximum Gasteiger partial charge on any atom is 0.407 e. The van der Waals surface area contributed by atoms with Crippen LogP contribution < -0.4 is 11.1 Å². The molecule has 0 unspecified atom stereocenters. The van der Waals surface area contributed by atoms with Gasteiger partial charge in [0.05, 0.1) is 17.8 Å². The van der Waals surface area contributed by atoms with E-state index in [-0.39, 0.29) is 23.8 Å². The number of nitrogens with zero attached hydrogens (tertiary/aromatic N) is 2. The van der Waals surface area contributed by atoms with Crippen molar-refractivity contribution >= 4 is 11.9 Å². The van der Waals surface area contributed by atoms with Crippen LogP contribution in [0.25, 0.3) is 0 Å². The topological polar surface area (TPSA) is 91.4 Å². The number of carbonyl (C=O) groups is 1. The van der Waals surface area contributed by atoms with Crippen molar-refractivity contribution in [3.63, 3.8) is 0 Å². The van der Waals surface area contributed by atoms with E-state index in [1.165, 1.54) is 0 Å². The Hall–Kier alpha value is -1.76. The lowest BCUT2D eigenvalue weighted by Gasteiger charge is -2.20. The molecule has 1 fully saturated rings. The van der Waals surface area contributed by atoms with Gasteiger partial charge < -0.3 is 20.5 Å². The van der Waals surface area contributed by atoms with Crippen LogP contribution in [0, 0.1) is 0 Å². The third-order valence-corrected chi connectivity index (χ3v) is 3.36. The van der Waals surface area contributed by atoms with Crippen molar-refractivity contribution in [1.29, 1.82) is 0 Å². The second kappa shape index (κ2) is 6.16. The minimum Gasteiger partial charge on any atom is -0.444 e. The van der Waals surface area contributed by atoms with Crippen molar-refractivity contribution in [2.45, 2.75) is 64.8 Å². The number of carbonyl (C=O) groups excluding carboxylic acids is 1. The van der Waals surface area contributed by atoms with Gasteiger partial charge in [0.15, 0.2) is 0 Å². The summed E-state index contributed by atoms with van der Waals surface area (Å²) >= 11 is 0. The van der Waals surface area contributed by atoms with Gasteiger partial charge in [-0.1, -0.05) is 0 Å². The molecule has 1 amide bonds. The van der Waals surface area contributed by atoms with E-state index in [1.807, 2.05) is 40.7 Å². The van der Waals surface area contributed by atoms with Crippen molar-refractivity contribution in [2.75, 3.05) is 12.3 Å². The molecular formula is C15H26N4O3. The fourth-order valence-electron chi connectivity index (χ4n) is 2.42. The lowest BCUT2D eigenvalue weighted by atomic mass is 10.1. The summed E-state index contributed by atoms with van der Waals surface area (Å²) in [7, 11) is 0. The van der Waals surface area contributed by atoms with Crippen LogP contribution in [0.1, 0.15) is 52.8 Å². The number of nitrogens with one attached hydrogen (secondary N) is 1. The maximum atomic E-state index is 11.6. The Morgan fingerprint density at radius 2 is 2.23 bits per heavy atom. The van der Waals surface area contributed by atoms with Gasteiger partial charge in [0.2, 0.25) is 0 Å². The molecule has 2 atom stereocenters. The number of hydrogen-bond donors (Lipinski definition) is 2. The van der Waals surface area contributed by atoms with Crippen molar-refractivity contribution in [2.24, 2.45) is 0 Å². The fourth-order valence-corrected chi connectivity index (χ4v) is 2.42. The second-order valence-electron chi connectivity index (χ2n) is 6.96. The molecule has 0 aromatic carbocycles. The fraction of sp³-hybridized carbons (Fsp3) is 0.733. The molecule has 1 aliphatic rings. The summed E-state index contributed by atoms with van der Waals surface area (Å²) in [6.45, 7) is 10.3. The van der Waals surface area contributed by atoms with Crippen molar-refractivity contribution in [1.82, 2.24) is 15.1 Å². The molecule has 1 aliphatic heterocycles. The highest BCUT2D eigenvalue weighted by Gasteiger charge is 2.32. The summed E-state index contributed by atoms with van der Waals surface area (Å²) in [6.07, 6.45) is -0.275. The van der Waals surface area contributed by atoms with E-state index in [4.69, 9.17) is 15.2 Å². The van der Waals surface area contributed by atoms with Crippen molar-refractivity contribution in [3.8, 4) is 0 Å². The summed E-state index contributed by atoms with van der Waals surface area (Å²) in [5.41, 5.74) is 6.61. The SMILES string of the molecule is CC(C)NC(=O)O[C@H]1CO[C@@H](c2cc(N)n(C(C)(C)C)n2)C1. The molecule has 1 saturated heterocycles. The molecule has 2 rings (SSSR count). The van der Waals surface area contributed by atoms with E-state index in [2.05, 4.69) is 10.4 Å². The van der Waals surface area contributed by atoms with Gasteiger partial charge in [0, 0.05) is 18.5 Å². The Bertz CT molecular complexity index is 533. The Labute approximate surface area is 131 Å². The number of aromatic nitrogens is 2. The van der Waals surface area contributed by atoms with E-state index in [1.54, 1.807) is 4.68 Å². The highest BCUT2D eigenvalue weighted by molar-refractivity contribution is 5.67. The molecule has 7 heteroatoms. The van der Waals surface area contributed by atoms with Gasteiger partial charge in [0.25, 0.3) is 0 Å². The van der Waals surface area contributed by atoms with Gasteiger partial charge in [-0.15, -0.1) is 0 Å². The van der Waals surface area contributed by atoms with Crippen LogP contribution in [0.3, 0.4) is 0 Å². The summed E-state index contributed by atoms with van der Waals surface area (Å²) in [4.78, 5) is 11.6. The molecule has 0 bridgehead atoms. The molecule has 124 valence electrons. The van der Waals surface area contributed by atoms with Crippen LogP contribution in [0.2, 0.25) is 0 Å².